The Bertz CT molecular complexity index is 1920. The molecule has 2 atom stereocenters. The number of aliphatic hydroxyl groups excluding tert-OH is 2. The van der Waals surface area contributed by atoms with Gasteiger partial charge in [0.2, 0.25) is 0 Å². The first kappa shape index (κ1) is 26.0. The molecule has 1 saturated carbocycles. The molecule has 6 rings (SSSR count). The fraction of sp³-hybridized carbons (Fsp3) is 0.407. The number of benzene rings is 2. The van der Waals surface area contributed by atoms with E-state index in [1.54, 1.807) is 30.9 Å². The van der Waals surface area contributed by atoms with Crippen LogP contribution in [0.15, 0.2) is 31.3 Å². The van der Waals surface area contributed by atoms with Gasteiger partial charge in [-0.1, -0.05) is 6.07 Å². The summed E-state index contributed by atoms with van der Waals surface area (Å²) >= 11 is 0. The van der Waals surface area contributed by atoms with E-state index in [2.05, 4.69) is 20.3 Å². The van der Waals surface area contributed by atoms with Crippen LogP contribution in [0.4, 0.5) is 21.5 Å². The summed E-state index contributed by atoms with van der Waals surface area (Å²) in [6.07, 6.45) is 0.997. The molecule has 2 aliphatic rings. The molecular formula is C27H29FN6O6. The number of aromatic amines is 3. The Morgan fingerprint density at radius 2 is 1.75 bits per heavy atom. The number of aliphatic hydroxyl groups is 2. The van der Waals surface area contributed by atoms with Crippen LogP contribution in [0.25, 0.3) is 21.8 Å². The van der Waals surface area contributed by atoms with Crippen molar-refractivity contribution in [1.82, 2.24) is 19.5 Å². The van der Waals surface area contributed by atoms with Crippen LogP contribution in [0, 0.1) is 25.6 Å². The number of rotatable bonds is 5. The van der Waals surface area contributed by atoms with Gasteiger partial charge in [-0.3, -0.25) is 24.1 Å². The van der Waals surface area contributed by atoms with Gasteiger partial charge in [0.15, 0.2) is 5.82 Å². The molecule has 1 saturated heterocycles. The van der Waals surface area contributed by atoms with Crippen LogP contribution >= 0.6 is 0 Å². The van der Waals surface area contributed by atoms with Gasteiger partial charge in [0.05, 0.1) is 51.6 Å². The molecule has 4 aromatic rings. The summed E-state index contributed by atoms with van der Waals surface area (Å²) < 4.78 is 18.2. The van der Waals surface area contributed by atoms with Gasteiger partial charge in [-0.25, -0.2) is 14.0 Å². The molecule has 12 nitrogen and oxygen atoms in total. The van der Waals surface area contributed by atoms with Gasteiger partial charge in [-0.05, 0) is 44.7 Å². The maximum absolute atomic E-state index is 16.7. The highest BCUT2D eigenvalue weighted by Crippen LogP contribution is 2.43. The van der Waals surface area contributed by atoms with E-state index in [0.29, 0.717) is 17.5 Å². The first-order valence-corrected chi connectivity index (χ1v) is 13.2. The fourth-order valence-electron chi connectivity index (χ4n) is 5.88. The van der Waals surface area contributed by atoms with Crippen LogP contribution in [0.5, 0.6) is 0 Å². The zero-order valence-corrected chi connectivity index (χ0v) is 21.9. The van der Waals surface area contributed by atoms with Crippen molar-refractivity contribution in [2.24, 2.45) is 5.92 Å². The maximum atomic E-state index is 16.7. The number of H-pyrrole nitrogens is 3. The highest BCUT2D eigenvalue weighted by atomic mass is 19.1. The molecule has 0 bridgehead atoms. The van der Waals surface area contributed by atoms with Crippen LogP contribution in [-0.2, 0) is 0 Å². The van der Waals surface area contributed by atoms with Gasteiger partial charge in [-0.2, -0.15) is 0 Å². The Balaban J connectivity index is 1.67. The summed E-state index contributed by atoms with van der Waals surface area (Å²) in [6, 6.07) is 3.05. The second-order valence-electron chi connectivity index (χ2n) is 10.7. The minimum Gasteiger partial charge on any atom is -0.396 e. The maximum Gasteiger partial charge on any atom is 0.329 e. The quantitative estimate of drug-likeness (QED) is 0.214. The minimum atomic E-state index is -0.783. The predicted octanol–water partition coefficient (Wildman–Crippen LogP) is 1.23. The van der Waals surface area contributed by atoms with E-state index in [1.165, 1.54) is 4.57 Å². The first-order chi connectivity index (χ1) is 19.1. The largest absolute Gasteiger partial charge is 0.396 e. The topological polar surface area (TPSA) is 176 Å². The molecule has 210 valence electrons. The number of hydrogen-bond donors (Lipinski definition) is 6. The average molecular weight is 553 g/mol. The van der Waals surface area contributed by atoms with Crippen molar-refractivity contribution >= 4 is 38.9 Å². The third-order valence-electron chi connectivity index (χ3n) is 8.05. The van der Waals surface area contributed by atoms with Crippen molar-refractivity contribution in [3.63, 3.8) is 0 Å². The standard InChI is InChI=1S/C27H29FN6O6/c1-11-3-6-15(17-20(11)30-26(39)31-24(17)37)29-21-18-22(34(14-4-5-14)27(40)32-25(18)38)12(2)23(19(21)28)33-8-7-16(36)13(9-33)10-35/h3,6,13-14,16,29,35-36H,4-5,7-10H2,1-2H3,(H,32,38,40)(H2,30,31,37,39). The number of nitrogens with one attached hydrogen (secondary N) is 4. The molecule has 3 heterocycles. The molecule has 1 aliphatic carbocycles. The summed E-state index contributed by atoms with van der Waals surface area (Å²) in [5.74, 6) is -1.29. The lowest BCUT2D eigenvalue weighted by Gasteiger charge is -2.38. The van der Waals surface area contributed by atoms with Gasteiger partial charge < -0.3 is 25.4 Å². The zero-order chi connectivity index (χ0) is 28.5. The molecule has 0 spiro atoms. The van der Waals surface area contributed by atoms with Crippen LogP contribution in [0.3, 0.4) is 0 Å². The van der Waals surface area contributed by atoms with E-state index in [0.717, 1.165) is 12.8 Å². The van der Waals surface area contributed by atoms with Crippen molar-refractivity contribution in [1.29, 1.82) is 0 Å². The molecule has 2 fully saturated rings. The van der Waals surface area contributed by atoms with E-state index in [-0.39, 0.29) is 64.6 Å². The first-order valence-electron chi connectivity index (χ1n) is 13.2. The second kappa shape index (κ2) is 9.45. The lowest BCUT2D eigenvalue weighted by molar-refractivity contribution is 0.0524. The number of fused-ring (bicyclic) bond motifs is 2. The normalized spacial score (nSPS) is 19.5. The predicted molar refractivity (Wildman–Crippen MR) is 148 cm³/mol. The number of piperidine rings is 1. The van der Waals surface area contributed by atoms with Crippen LogP contribution in [0.1, 0.15) is 36.4 Å². The Morgan fingerprint density at radius 1 is 1.02 bits per heavy atom. The molecular weight excluding hydrogens is 523 g/mol. The third kappa shape index (κ3) is 4.04. The van der Waals surface area contributed by atoms with E-state index >= 15 is 4.39 Å². The number of nitrogens with zero attached hydrogens (tertiary/aromatic N) is 2. The van der Waals surface area contributed by atoms with E-state index in [9.17, 15) is 29.4 Å². The molecule has 2 unspecified atom stereocenters. The van der Waals surface area contributed by atoms with Crippen molar-refractivity contribution in [2.75, 3.05) is 29.9 Å². The minimum absolute atomic E-state index is 0.0719. The van der Waals surface area contributed by atoms with Crippen LogP contribution in [-0.4, -0.2) is 55.5 Å². The summed E-state index contributed by atoms with van der Waals surface area (Å²) in [5.41, 5.74) is -1.16. The van der Waals surface area contributed by atoms with Crippen LogP contribution in [0.2, 0.25) is 0 Å². The Labute approximate surface area is 225 Å². The van der Waals surface area contributed by atoms with Crippen LogP contribution < -0.4 is 32.7 Å². The molecule has 2 aromatic heterocycles. The van der Waals surface area contributed by atoms with Gasteiger partial charge in [0, 0.05) is 30.6 Å². The van der Waals surface area contributed by atoms with Crippen molar-refractivity contribution in [3.05, 3.63) is 70.8 Å². The SMILES string of the molecule is Cc1ccc(Nc2c(F)c(N3CCC(O)C(CO)C3)c(C)c3c2c(=O)[nH]c(=O)n3C2CC2)c2c(=O)[nH]c(=O)[nH]c12. The molecule has 0 amide bonds. The van der Waals surface area contributed by atoms with Gasteiger partial charge in [-0.15, -0.1) is 0 Å². The molecule has 1 aliphatic heterocycles. The second-order valence-corrected chi connectivity index (χ2v) is 10.7. The third-order valence-corrected chi connectivity index (χ3v) is 8.05. The van der Waals surface area contributed by atoms with Crippen molar-refractivity contribution < 1.29 is 14.6 Å². The summed E-state index contributed by atoms with van der Waals surface area (Å²) in [4.78, 5) is 59.9. The molecule has 13 heteroatoms. The lowest BCUT2D eigenvalue weighted by atomic mass is 9.94. The van der Waals surface area contributed by atoms with Crippen molar-refractivity contribution in [2.45, 2.75) is 45.3 Å². The average Bonchev–Trinajstić information content (AvgIpc) is 3.74. The summed E-state index contributed by atoms with van der Waals surface area (Å²) in [7, 11) is 0. The zero-order valence-electron chi connectivity index (χ0n) is 21.9. The Morgan fingerprint density at radius 3 is 2.45 bits per heavy atom. The van der Waals surface area contributed by atoms with Crippen molar-refractivity contribution in [3.8, 4) is 0 Å². The van der Waals surface area contributed by atoms with E-state index in [1.807, 2.05) is 0 Å². The number of aromatic nitrogens is 4. The van der Waals surface area contributed by atoms with Gasteiger partial charge in [0.25, 0.3) is 11.1 Å². The monoisotopic (exact) mass is 552 g/mol. The fourth-order valence-corrected chi connectivity index (χ4v) is 5.88. The highest BCUT2D eigenvalue weighted by Gasteiger charge is 2.34. The lowest BCUT2D eigenvalue weighted by Crippen LogP contribution is -2.45. The molecule has 0 radical (unpaired) electrons. The number of halogens is 1. The Hall–Kier alpha value is -4.23. The molecule has 40 heavy (non-hydrogen) atoms. The van der Waals surface area contributed by atoms with Gasteiger partial charge >= 0.3 is 11.4 Å². The van der Waals surface area contributed by atoms with E-state index in [4.69, 9.17) is 0 Å². The molecule has 6 N–H and O–H groups in total. The summed E-state index contributed by atoms with van der Waals surface area (Å²) in [6.45, 7) is 3.51. The number of aryl methyl sites for hydroxylation is 2. The highest BCUT2D eigenvalue weighted by molar-refractivity contribution is 6.02. The number of hydrogen-bond acceptors (Lipinski definition) is 8. The van der Waals surface area contributed by atoms with E-state index < -0.39 is 40.3 Å². The number of anilines is 3. The Kier molecular flexibility index (Phi) is 6.15. The smallest absolute Gasteiger partial charge is 0.329 e. The molecule has 2 aromatic carbocycles. The summed E-state index contributed by atoms with van der Waals surface area (Å²) in [5, 5.41) is 23.1. The van der Waals surface area contributed by atoms with Gasteiger partial charge in [0.1, 0.15) is 0 Å².